The monoisotopic (exact) mass is 291 g/mol. The highest BCUT2D eigenvalue weighted by molar-refractivity contribution is 5.81. The number of benzene rings is 2. The second kappa shape index (κ2) is 8.99. The van der Waals surface area contributed by atoms with Gasteiger partial charge in [0.1, 0.15) is 0 Å². The van der Waals surface area contributed by atoms with Crippen molar-refractivity contribution in [3.8, 4) is 0 Å². The van der Waals surface area contributed by atoms with Crippen LogP contribution in [-0.2, 0) is 12.8 Å². The van der Waals surface area contributed by atoms with Crippen LogP contribution >= 0.6 is 0 Å². The normalized spacial score (nSPS) is 11.0. The van der Waals surface area contributed by atoms with Crippen LogP contribution in [0.3, 0.4) is 0 Å². The Morgan fingerprint density at radius 1 is 0.909 bits per heavy atom. The van der Waals surface area contributed by atoms with Gasteiger partial charge in [0.15, 0.2) is 0 Å². The second-order valence-electron chi connectivity index (χ2n) is 5.60. The van der Waals surface area contributed by atoms with E-state index in [9.17, 15) is 0 Å². The third-order valence-electron chi connectivity index (χ3n) is 3.69. The lowest BCUT2D eigenvalue weighted by Gasteiger charge is -2.01. The largest absolute Gasteiger partial charge is 0.256 e. The molecule has 0 spiro atoms. The van der Waals surface area contributed by atoms with Crippen LogP contribution in [0.25, 0.3) is 0 Å². The lowest BCUT2D eigenvalue weighted by atomic mass is 10.1. The number of hydrogen-bond donors (Lipinski definition) is 0. The number of aliphatic imine (C=N–C) groups is 1. The Labute approximate surface area is 134 Å². The van der Waals surface area contributed by atoms with Crippen LogP contribution in [0, 0.1) is 0 Å². The van der Waals surface area contributed by atoms with Gasteiger partial charge in [0.25, 0.3) is 0 Å². The van der Waals surface area contributed by atoms with Gasteiger partial charge in [-0.3, -0.25) is 4.99 Å². The van der Waals surface area contributed by atoms with Gasteiger partial charge in [-0.05, 0) is 54.5 Å². The van der Waals surface area contributed by atoms with E-state index in [4.69, 9.17) is 0 Å². The molecule has 0 radical (unpaired) electrons. The Morgan fingerprint density at radius 2 is 1.55 bits per heavy atom. The van der Waals surface area contributed by atoms with E-state index in [2.05, 4.69) is 67.0 Å². The molecule has 0 unspecified atom stereocenters. The molecule has 0 aliphatic carbocycles. The van der Waals surface area contributed by atoms with Crippen molar-refractivity contribution >= 4 is 11.9 Å². The van der Waals surface area contributed by atoms with Crippen molar-refractivity contribution < 1.29 is 0 Å². The molecule has 0 aromatic heterocycles. The fourth-order valence-electron chi connectivity index (χ4n) is 2.41. The van der Waals surface area contributed by atoms with Crippen LogP contribution in [0.4, 0.5) is 5.69 Å². The molecular weight excluding hydrogens is 266 g/mol. The third kappa shape index (κ3) is 5.33. The van der Waals surface area contributed by atoms with Crippen molar-refractivity contribution in [1.29, 1.82) is 0 Å². The summed E-state index contributed by atoms with van der Waals surface area (Å²) in [4.78, 5) is 4.54. The van der Waals surface area contributed by atoms with Gasteiger partial charge in [-0.25, -0.2) is 0 Å². The molecule has 0 aliphatic rings. The molecule has 2 rings (SSSR count). The molecule has 1 heteroatoms. The van der Waals surface area contributed by atoms with Crippen LogP contribution in [0.5, 0.6) is 0 Å². The summed E-state index contributed by atoms with van der Waals surface area (Å²) in [6, 6.07) is 17.2. The van der Waals surface area contributed by atoms with Gasteiger partial charge in [0.2, 0.25) is 0 Å². The van der Waals surface area contributed by atoms with Crippen molar-refractivity contribution in [3.05, 3.63) is 77.9 Å². The number of rotatable bonds is 8. The molecule has 2 aromatic rings. The van der Waals surface area contributed by atoms with E-state index in [0.29, 0.717) is 0 Å². The molecule has 0 fully saturated rings. The predicted octanol–water partition coefficient (Wildman–Crippen LogP) is 5.90. The van der Waals surface area contributed by atoms with Gasteiger partial charge < -0.3 is 0 Å². The van der Waals surface area contributed by atoms with Crippen molar-refractivity contribution in [2.24, 2.45) is 4.99 Å². The quantitative estimate of drug-likeness (QED) is 0.326. The van der Waals surface area contributed by atoms with Crippen molar-refractivity contribution in [2.75, 3.05) is 0 Å². The first-order chi connectivity index (χ1) is 10.8. The summed E-state index contributed by atoms with van der Waals surface area (Å²) in [6.45, 7) is 5.96. The first kappa shape index (κ1) is 16.2. The van der Waals surface area contributed by atoms with Crippen LogP contribution < -0.4 is 0 Å². The molecule has 0 N–H and O–H groups in total. The molecule has 0 saturated heterocycles. The Balaban J connectivity index is 1.93. The average molecular weight is 291 g/mol. The molecule has 114 valence electrons. The number of allylic oxidation sites excluding steroid dienone is 1. The van der Waals surface area contributed by atoms with Gasteiger partial charge in [-0.2, -0.15) is 0 Å². The highest BCUT2D eigenvalue weighted by atomic mass is 14.7. The Hall–Kier alpha value is -2.15. The Morgan fingerprint density at radius 3 is 2.18 bits per heavy atom. The van der Waals surface area contributed by atoms with Crippen LogP contribution in [0.15, 0.2) is 66.2 Å². The summed E-state index contributed by atoms with van der Waals surface area (Å²) < 4.78 is 0. The molecule has 22 heavy (non-hydrogen) atoms. The topological polar surface area (TPSA) is 12.4 Å². The van der Waals surface area contributed by atoms with Crippen LogP contribution in [0.2, 0.25) is 0 Å². The second-order valence-corrected chi connectivity index (χ2v) is 5.60. The van der Waals surface area contributed by atoms with E-state index in [1.807, 2.05) is 12.3 Å². The summed E-state index contributed by atoms with van der Waals surface area (Å²) in [5, 5.41) is 0. The predicted molar refractivity (Wildman–Crippen MR) is 97.3 cm³/mol. The number of aryl methyl sites for hydroxylation is 2. The van der Waals surface area contributed by atoms with E-state index in [1.54, 1.807) is 0 Å². The first-order valence-corrected chi connectivity index (χ1v) is 8.14. The lowest BCUT2D eigenvalue weighted by molar-refractivity contribution is 0.844. The van der Waals surface area contributed by atoms with Gasteiger partial charge in [-0.15, -0.1) is 6.58 Å². The minimum Gasteiger partial charge on any atom is -0.256 e. The van der Waals surface area contributed by atoms with Gasteiger partial charge in [0.05, 0.1) is 5.69 Å². The maximum Gasteiger partial charge on any atom is 0.0630 e. The molecule has 0 atom stereocenters. The zero-order chi connectivity index (χ0) is 15.6. The lowest BCUT2D eigenvalue weighted by Crippen LogP contribution is -1.87. The van der Waals surface area contributed by atoms with E-state index in [-0.39, 0.29) is 0 Å². The summed E-state index contributed by atoms with van der Waals surface area (Å²) in [7, 11) is 0. The molecule has 0 heterocycles. The van der Waals surface area contributed by atoms with Gasteiger partial charge in [-0.1, -0.05) is 55.8 Å². The van der Waals surface area contributed by atoms with Crippen LogP contribution in [0.1, 0.15) is 42.9 Å². The maximum atomic E-state index is 4.54. The number of unbranched alkanes of at least 4 members (excludes halogenated alkanes) is 1. The van der Waals surface area contributed by atoms with E-state index in [1.165, 1.54) is 24.0 Å². The molecule has 0 aliphatic heterocycles. The Bertz CT molecular complexity index is 591. The maximum absolute atomic E-state index is 4.54. The van der Waals surface area contributed by atoms with Crippen LogP contribution in [-0.4, -0.2) is 6.21 Å². The van der Waals surface area contributed by atoms with E-state index >= 15 is 0 Å². The third-order valence-corrected chi connectivity index (χ3v) is 3.69. The summed E-state index contributed by atoms with van der Waals surface area (Å²) in [5.74, 6) is 0. The average Bonchev–Trinajstić information content (AvgIpc) is 2.56. The summed E-state index contributed by atoms with van der Waals surface area (Å²) in [5.41, 5.74) is 4.91. The zero-order valence-corrected chi connectivity index (χ0v) is 13.5. The highest BCUT2D eigenvalue weighted by Crippen LogP contribution is 2.14. The van der Waals surface area contributed by atoms with Gasteiger partial charge in [0, 0.05) is 6.21 Å². The van der Waals surface area contributed by atoms with Crippen molar-refractivity contribution in [1.82, 2.24) is 0 Å². The fourth-order valence-corrected chi connectivity index (χ4v) is 2.41. The fraction of sp³-hybridized carbons (Fsp3) is 0.286. The smallest absolute Gasteiger partial charge is 0.0630 e. The minimum atomic E-state index is 1.01. The molecule has 0 amide bonds. The van der Waals surface area contributed by atoms with Gasteiger partial charge >= 0.3 is 0 Å². The van der Waals surface area contributed by atoms with E-state index < -0.39 is 0 Å². The number of nitrogens with zero attached hydrogens (tertiary/aromatic N) is 1. The zero-order valence-electron chi connectivity index (χ0n) is 13.5. The highest BCUT2D eigenvalue weighted by Gasteiger charge is 1.94. The molecular formula is C21H25N. The summed E-state index contributed by atoms with van der Waals surface area (Å²) >= 11 is 0. The standard InChI is InChI=1S/C21H25N/c1-3-5-6-8-19-9-11-20(12-10-19)17-22-21-15-13-18(7-4-2)14-16-21/h3,9-17H,1,4-8H2,2H3. The molecule has 0 bridgehead atoms. The number of hydrogen-bond acceptors (Lipinski definition) is 1. The first-order valence-electron chi connectivity index (χ1n) is 8.14. The molecule has 0 saturated carbocycles. The summed E-state index contributed by atoms with van der Waals surface area (Å²) in [6.07, 6.45) is 9.59. The molecule has 2 aromatic carbocycles. The van der Waals surface area contributed by atoms with Crippen molar-refractivity contribution in [3.63, 3.8) is 0 Å². The SMILES string of the molecule is C=CCCCc1ccc(C=Nc2ccc(CCC)cc2)cc1. The Kier molecular flexibility index (Phi) is 6.63. The van der Waals surface area contributed by atoms with Crippen molar-refractivity contribution in [2.45, 2.75) is 39.0 Å². The minimum absolute atomic E-state index is 1.01. The molecule has 1 nitrogen and oxygen atoms in total. The van der Waals surface area contributed by atoms with E-state index in [0.717, 1.165) is 30.5 Å².